The fraction of sp³-hybridized carbons (Fsp3) is 0.0625. The summed E-state index contributed by atoms with van der Waals surface area (Å²) in [6.07, 6.45) is 1.49. The first-order valence-corrected chi connectivity index (χ1v) is 7.15. The molecule has 0 aliphatic carbocycles. The van der Waals surface area contributed by atoms with Gasteiger partial charge in [0.15, 0.2) is 5.78 Å². The van der Waals surface area contributed by atoms with Crippen LogP contribution in [0.4, 0.5) is 4.39 Å². The van der Waals surface area contributed by atoms with E-state index < -0.39 is 5.82 Å². The summed E-state index contributed by atoms with van der Waals surface area (Å²) in [6.45, 7) is 1.43. The summed E-state index contributed by atoms with van der Waals surface area (Å²) >= 11 is 1.34. The van der Waals surface area contributed by atoms with Crippen LogP contribution in [0.3, 0.4) is 0 Å². The fourth-order valence-electron chi connectivity index (χ4n) is 2.03. The monoisotopic (exact) mass is 298 g/mol. The number of para-hydroxylation sites is 1. The molecule has 0 atom stereocenters. The number of halogens is 1. The molecule has 21 heavy (non-hydrogen) atoms. The van der Waals surface area contributed by atoms with Crippen LogP contribution in [0.2, 0.25) is 0 Å². The molecule has 5 heteroatoms. The van der Waals surface area contributed by atoms with E-state index in [0.717, 1.165) is 15.9 Å². The van der Waals surface area contributed by atoms with E-state index in [9.17, 15) is 9.18 Å². The van der Waals surface area contributed by atoms with E-state index in [1.807, 2.05) is 24.3 Å². The number of hydrogen-bond donors (Lipinski definition) is 0. The summed E-state index contributed by atoms with van der Waals surface area (Å²) in [5, 5.41) is 1.65. The van der Waals surface area contributed by atoms with Crippen molar-refractivity contribution in [3.63, 3.8) is 0 Å². The normalized spacial score (nSPS) is 10.8. The third kappa shape index (κ3) is 2.78. The Hall–Kier alpha value is -2.27. The Labute approximate surface area is 125 Å². The smallest absolute Gasteiger partial charge is 0.161 e. The third-order valence-corrected chi connectivity index (χ3v) is 4.13. The van der Waals surface area contributed by atoms with Gasteiger partial charge in [0, 0.05) is 15.8 Å². The summed E-state index contributed by atoms with van der Waals surface area (Å²) in [4.78, 5) is 20.8. The molecule has 0 aliphatic rings. The first kappa shape index (κ1) is 13.7. The molecule has 0 amide bonds. The van der Waals surface area contributed by atoms with Crippen molar-refractivity contribution < 1.29 is 9.18 Å². The average Bonchev–Trinajstić information content (AvgIpc) is 2.49. The number of aromatic nitrogens is 2. The molecule has 0 saturated heterocycles. The van der Waals surface area contributed by atoms with Crippen molar-refractivity contribution >= 4 is 28.4 Å². The van der Waals surface area contributed by atoms with Crippen LogP contribution in [0.15, 0.2) is 58.7 Å². The number of hydrogen-bond acceptors (Lipinski definition) is 4. The summed E-state index contributed by atoms with van der Waals surface area (Å²) in [6, 6.07) is 11.8. The van der Waals surface area contributed by atoms with Gasteiger partial charge in [-0.15, -0.1) is 0 Å². The zero-order chi connectivity index (χ0) is 14.8. The highest BCUT2D eigenvalue weighted by atomic mass is 32.2. The Balaban J connectivity index is 2.09. The summed E-state index contributed by atoms with van der Waals surface area (Å²) in [5.74, 6) is -0.590. The molecular weight excluding hydrogens is 287 g/mol. The van der Waals surface area contributed by atoms with Crippen molar-refractivity contribution in [2.75, 3.05) is 0 Å². The number of nitrogens with zero attached hydrogens (tertiary/aromatic N) is 2. The Morgan fingerprint density at radius 2 is 1.95 bits per heavy atom. The van der Waals surface area contributed by atoms with Gasteiger partial charge in [-0.3, -0.25) is 4.79 Å². The van der Waals surface area contributed by atoms with Gasteiger partial charge in [0.05, 0.1) is 5.52 Å². The Bertz CT molecular complexity index is 830. The van der Waals surface area contributed by atoms with Gasteiger partial charge in [-0.05, 0) is 31.2 Å². The van der Waals surface area contributed by atoms with Gasteiger partial charge in [-0.1, -0.05) is 30.0 Å². The van der Waals surface area contributed by atoms with Crippen LogP contribution < -0.4 is 0 Å². The summed E-state index contributed by atoms with van der Waals surface area (Å²) in [5.41, 5.74) is 1.20. The SMILES string of the molecule is CC(=O)c1cc(F)ccc1Sc1ncnc2ccccc12. The number of Topliss-reactive ketones (excluding diaryl/α,β-unsaturated/α-hetero) is 1. The lowest BCUT2D eigenvalue weighted by Crippen LogP contribution is -1.97. The molecule has 0 aliphatic heterocycles. The molecular formula is C16H11FN2OS. The standard InChI is InChI=1S/C16H11FN2OS/c1-10(20)13-8-11(17)6-7-15(13)21-16-12-4-2-3-5-14(12)18-9-19-16/h2-9H,1H3. The minimum Gasteiger partial charge on any atom is -0.294 e. The highest BCUT2D eigenvalue weighted by Gasteiger charge is 2.12. The first-order chi connectivity index (χ1) is 10.1. The molecule has 0 saturated carbocycles. The van der Waals surface area contributed by atoms with E-state index >= 15 is 0 Å². The van der Waals surface area contributed by atoms with Crippen LogP contribution >= 0.6 is 11.8 Å². The Morgan fingerprint density at radius 3 is 2.76 bits per heavy atom. The first-order valence-electron chi connectivity index (χ1n) is 6.33. The van der Waals surface area contributed by atoms with E-state index in [2.05, 4.69) is 9.97 Å². The second kappa shape index (κ2) is 5.61. The molecule has 2 aromatic carbocycles. The third-order valence-electron chi connectivity index (χ3n) is 3.03. The van der Waals surface area contributed by atoms with Crippen LogP contribution in [0.25, 0.3) is 10.9 Å². The maximum atomic E-state index is 13.3. The number of benzene rings is 2. The Morgan fingerprint density at radius 1 is 1.14 bits per heavy atom. The zero-order valence-electron chi connectivity index (χ0n) is 11.2. The fourth-order valence-corrected chi connectivity index (χ4v) is 3.07. The van der Waals surface area contributed by atoms with E-state index in [1.165, 1.54) is 37.1 Å². The predicted octanol–water partition coefficient (Wildman–Crippen LogP) is 4.12. The van der Waals surface area contributed by atoms with Crippen LogP contribution in [0, 0.1) is 5.82 Å². The van der Waals surface area contributed by atoms with Crippen LogP contribution in [0.1, 0.15) is 17.3 Å². The lowest BCUT2D eigenvalue weighted by molar-refractivity contribution is 0.101. The van der Waals surface area contributed by atoms with Gasteiger partial charge in [0.25, 0.3) is 0 Å². The maximum absolute atomic E-state index is 13.3. The molecule has 0 fully saturated rings. The van der Waals surface area contributed by atoms with Crippen molar-refractivity contribution in [1.29, 1.82) is 0 Å². The quantitative estimate of drug-likeness (QED) is 0.539. The van der Waals surface area contributed by atoms with Crippen molar-refractivity contribution in [1.82, 2.24) is 9.97 Å². The molecule has 1 heterocycles. The molecule has 104 valence electrons. The molecule has 0 spiro atoms. The molecule has 0 radical (unpaired) electrons. The van der Waals surface area contributed by atoms with Crippen molar-refractivity contribution in [3.05, 3.63) is 60.2 Å². The molecule has 0 bridgehead atoms. The summed E-state index contributed by atoms with van der Waals surface area (Å²) < 4.78 is 13.3. The van der Waals surface area contributed by atoms with Crippen LogP contribution in [0.5, 0.6) is 0 Å². The number of ketones is 1. The van der Waals surface area contributed by atoms with Crippen LogP contribution in [-0.4, -0.2) is 15.8 Å². The van der Waals surface area contributed by atoms with Crippen molar-refractivity contribution in [2.24, 2.45) is 0 Å². The van der Waals surface area contributed by atoms with Gasteiger partial charge in [-0.2, -0.15) is 0 Å². The topological polar surface area (TPSA) is 42.9 Å². The molecule has 1 aromatic heterocycles. The van der Waals surface area contributed by atoms with E-state index in [1.54, 1.807) is 6.07 Å². The number of carbonyl (C=O) groups excluding carboxylic acids is 1. The number of carbonyl (C=O) groups is 1. The highest BCUT2D eigenvalue weighted by molar-refractivity contribution is 7.99. The second-order valence-electron chi connectivity index (χ2n) is 4.49. The van der Waals surface area contributed by atoms with Crippen molar-refractivity contribution in [3.8, 4) is 0 Å². The summed E-state index contributed by atoms with van der Waals surface area (Å²) in [7, 11) is 0. The van der Waals surface area contributed by atoms with E-state index in [0.29, 0.717) is 10.5 Å². The lowest BCUT2D eigenvalue weighted by Gasteiger charge is -2.08. The molecule has 3 aromatic rings. The van der Waals surface area contributed by atoms with E-state index in [-0.39, 0.29) is 5.78 Å². The maximum Gasteiger partial charge on any atom is 0.161 e. The van der Waals surface area contributed by atoms with Gasteiger partial charge in [0.1, 0.15) is 17.2 Å². The largest absolute Gasteiger partial charge is 0.294 e. The average molecular weight is 298 g/mol. The van der Waals surface area contributed by atoms with E-state index in [4.69, 9.17) is 0 Å². The minimum atomic E-state index is -0.419. The predicted molar refractivity (Wildman–Crippen MR) is 80.1 cm³/mol. The van der Waals surface area contributed by atoms with Gasteiger partial charge in [-0.25, -0.2) is 14.4 Å². The van der Waals surface area contributed by atoms with Crippen LogP contribution in [-0.2, 0) is 0 Å². The molecule has 0 unspecified atom stereocenters. The van der Waals surface area contributed by atoms with Gasteiger partial charge >= 0.3 is 0 Å². The highest BCUT2D eigenvalue weighted by Crippen LogP contribution is 2.33. The van der Waals surface area contributed by atoms with Crippen molar-refractivity contribution in [2.45, 2.75) is 16.8 Å². The number of fused-ring (bicyclic) bond motifs is 1. The molecule has 3 rings (SSSR count). The zero-order valence-corrected chi connectivity index (χ0v) is 12.0. The molecule has 3 nitrogen and oxygen atoms in total. The molecule has 0 N–H and O–H groups in total. The Kier molecular flexibility index (Phi) is 3.66. The minimum absolute atomic E-state index is 0.171. The number of rotatable bonds is 3. The van der Waals surface area contributed by atoms with Gasteiger partial charge < -0.3 is 0 Å². The van der Waals surface area contributed by atoms with Gasteiger partial charge in [0.2, 0.25) is 0 Å². The lowest BCUT2D eigenvalue weighted by atomic mass is 10.1. The second-order valence-corrected chi connectivity index (χ2v) is 5.53.